The summed E-state index contributed by atoms with van der Waals surface area (Å²) in [5, 5.41) is 11.2. The molecule has 2 heterocycles. The standard InChI is InChI=1S/C24H29ClO9/c1-10-9-14-18(32-14)22(5)8-7-15(28)23(6,34-13(4)27)17(22)20(31-12(3)26)24(30)11(2)21(29)33-19(24)16(10)25/h7-8,11,14,16-20,30H,1,9H2,2-6H3/t11-,14+,16-,17+,18-,19-,20?,22-,23+,24-/m0/s1. The summed E-state index contributed by atoms with van der Waals surface area (Å²) in [6, 6.07) is 0. The van der Waals surface area contributed by atoms with Gasteiger partial charge >= 0.3 is 17.9 Å². The highest BCUT2D eigenvalue weighted by Crippen LogP contribution is 2.59. The van der Waals surface area contributed by atoms with Crippen LogP contribution in [0, 0.1) is 17.3 Å². The number of fused-ring (bicyclic) bond motifs is 4. The van der Waals surface area contributed by atoms with Gasteiger partial charge in [0.25, 0.3) is 0 Å². The molecule has 34 heavy (non-hydrogen) atoms. The highest BCUT2D eigenvalue weighted by Gasteiger charge is 2.73. The van der Waals surface area contributed by atoms with Crippen LogP contribution in [0.3, 0.4) is 0 Å². The summed E-state index contributed by atoms with van der Waals surface area (Å²) in [6.07, 6.45) is -0.412. The van der Waals surface area contributed by atoms with Gasteiger partial charge < -0.3 is 24.1 Å². The Morgan fingerprint density at radius 1 is 1.21 bits per heavy atom. The minimum absolute atomic E-state index is 0.323. The molecule has 2 aliphatic heterocycles. The van der Waals surface area contributed by atoms with Crippen molar-refractivity contribution in [3.05, 3.63) is 24.3 Å². The number of rotatable bonds is 2. The molecule has 0 aromatic heterocycles. The molecule has 9 nitrogen and oxygen atoms in total. The Morgan fingerprint density at radius 2 is 1.85 bits per heavy atom. The molecule has 3 fully saturated rings. The molecule has 10 atom stereocenters. The van der Waals surface area contributed by atoms with Gasteiger partial charge in [-0.3, -0.25) is 19.2 Å². The number of epoxide rings is 1. The van der Waals surface area contributed by atoms with E-state index in [1.807, 2.05) is 0 Å². The summed E-state index contributed by atoms with van der Waals surface area (Å²) >= 11 is 6.67. The molecular formula is C24H29ClO9. The van der Waals surface area contributed by atoms with Gasteiger partial charge in [0.2, 0.25) is 0 Å². The number of carbonyl (C=O) groups excluding carboxylic acids is 4. The fourth-order valence-corrected chi connectivity index (χ4v) is 6.41. The molecule has 186 valence electrons. The zero-order chi connectivity index (χ0) is 25.4. The maximum absolute atomic E-state index is 13.2. The van der Waals surface area contributed by atoms with Crippen molar-refractivity contribution in [3.63, 3.8) is 0 Å². The predicted octanol–water partition coefficient (Wildman–Crippen LogP) is 1.63. The molecule has 1 saturated carbocycles. The molecule has 10 heteroatoms. The van der Waals surface area contributed by atoms with Crippen LogP contribution in [0.4, 0.5) is 0 Å². The zero-order valence-electron chi connectivity index (χ0n) is 19.7. The number of hydrogen-bond donors (Lipinski definition) is 1. The lowest BCUT2D eigenvalue weighted by Gasteiger charge is -2.53. The largest absolute Gasteiger partial charge is 0.459 e. The van der Waals surface area contributed by atoms with Crippen molar-refractivity contribution in [1.29, 1.82) is 0 Å². The van der Waals surface area contributed by atoms with Crippen molar-refractivity contribution >= 4 is 35.3 Å². The van der Waals surface area contributed by atoms with Crippen LogP contribution in [-0.2, 0) is 38.1 Å². The third kappa shape index (κ3) is 3.43. The molecule has 0 amide bonds. The number of hydrogen-bond acceptors (Lipinski definition) is 9. The number of ketones is 1. The Balaban J connectivity index is 2.02. The smallest absolute Gasteiger partial charge is 0.312 e. The van der Waals surface area contributed by atoms with E-state index in [4.69, 9.17) is 30.5 Å². The molecule has 4 aliphatic rings. The van der Waals surface area contributed by atoms with Gasteiger partial charge in [-0.15, -0.1) is 11.6 Å². The lowest BCUT2D eigenvalue weighted by molar-refractivity contribution is -0.224. The van der Waals surface area contributed by atoms with Gasteiger partial charge in [0.05, 0.1) is 29.4 Å². The molecule has 1 unspecified atom stereocenters. The number of halogens is 1. The van der Waals surface area contributed by atoms with Gasteiger partial charge in [-0.05, 0) is 26.3 Å². The lowest BCUT2D eigenvalue weighted by atomic mass is 9.55. The summed E-state index contributed by atoms with van der Waals surface area (Å²) in [5.74, 6) is -5.12. The van der Waals surface area contributed by atoms with Crippen LogP contribution in [-0.4, -0.2) is 69.8 Å². The first-order chi connectivity index (χ1) is 15.7. The molecule has 2 aliphatic carbocycles. The summed E-state index contributed by atoms with van der Waals surface area (Å²) in [4.78, 5) is 50.5. The molecule has 1 N–H and O–H groups in total. The van der Waals surface area contributed by atoms with E-state index in [1.54, 1.807) is 13.0 Å². The van der Waals surface area contributed by atoms with Crippen molar-refractivity contribution < 1.29 is 43.2 Å². The van der Waals surface area contributed by atoms with Gasteiger partial charge in [-0.25, -0.2) is 0 Å². The quantitative estimate of drug-likeness (QED) is 0.199. The Bertz CT molecular complexity index is 1010. The first-order valence-corrected chi connectivity index (χ1v) is 11.6. The average Bonchev–Trinajstić information content (AvgIpc) is 3.46. The molecule has 0 bridgehead atoms. The first kappa shape index (κ1) is 24.9. The number of esters is 3. The summed E-state index contributed by atoms with van der Waals surface area (Å²) in [5.41, 5.74) is -4.58. The molecule has 0 spiro atoms. The van der Waals surface area contributed by atoms with Gasteiger partial charge in [-0.1, -0.05) is 25.2 Å². The maximum Gasteiger partial charge on any atom is 0.312 e. The average molecular weight is 497 g/mol. The molecule has 0 aromatic carbocycles. The summed E-state index contributed by atoms with van der Waals surface area (Å²) < 4.78 is 22.8. The lowest BCUT2D eigenvalue weighted by Crippen LogP contribution is -2.69. The predicted molar refractivity (Wildman–Crippen MR) is 118 cm³/mol. The number of aliphatic hydroxyl groups is 1. The van der Waals surface area contributed by atoms with Crippen molar-refractivity contribution in [3.8, 4) is 0 Å². The summed E-state index contributed by atoms with van der Waals surface area (Å²) in [6.45, 7) is 11.0. The Labute approximate surface area is 202 Å². The molecular weight excluding hydrogens is 468 g/mol. The molecule has 2 saturated heterocycles. The maximum atomic E-state index is 13.2. The third-order valence-electron chi connectivity index (χ3n) is 7.81. The van der Waals surface area contributed by atoms with Crippen LogP contribution in [0.15, 0.2) is 24.3 Å². The molecule has 0 radical (unpaired) electrons. The van der Waals surface area contributed by atoms with Crippen LogP contribution >= 0.6 is 11.6 Å². The van der Waals surface area contributed by atoms with Crippen LogP contribution in [0.25, 0.3) is 0 Å². The number of alkyl halides is 1. The SMILES string of the molecule is C=C1C[C@H]2O[C@@H]2[C@@]2(C)C=CC(=O)[C@@](C)(OC(C)=O)[C@@H]2C(OC(C)=O)[C@]2(O)[C@@H](C)C(=O)O[C@H]2[C@H]1Cl. The van der Waals surface area contributed by atoms with Gasteiger partial charge in [0.15, 0.2) is 23.1 Å². The van der Waals surface area contributed by atoms with Crippen LogP contribution < -0.4 is 0 Å². The monoisotopic (exact) mass is 496 g/mol. The van der Waals surface area contributed by atoms with Gasteiger partial charge in [0, 0.05) is 19.3 Å². The van der Waals surface area contributed by atoms with Crippen molar-refractivity contribution in [2.24, 2.45) is 17.3 Å². The van der Waals surface area contributed by atoms with Crippen molar-refractivity contribution in [2.75, 3.05) is 0 Å². The minimum atomic E-state index is -2.17. The topological polar surface area (TPSA) is 129 Å². The van der Waals surface area contributed by atoms with Gasteiger partial charge in [-0.2, -0.15) is 0 Å². The highest BCUT2D eigenvalue weighted by atomic mass is 35.5. The van der Waals surface area contributed by atoms with Crippen molar-refractivity contribution in [2.45, 2.75) is 82.0 Å². The van der Waals surface area contributed by atoms with E-state index in [1.165, 1.54) is 19.9 Å². The Kier molecular flexibility index (Phi) is 5.78. The van der Waals surface area contributed by atoms with E-state index in [-0.39, 0.29) is 6.10 Å². The molecule has 0 aromatic rings. The Morgan fingerprint density at radius 3 is 2.44 bits per heavy atom. The van der Waals surface area contributed by atoms with Crippen molar-refractivity contribution in [1.82, 2.24) is 0 Å². The third-order valence-corrected chi connectivity index (χ3v) is 8.35. The van der Waals surface area contributed by atoms with E-state index in [0.29, 0.717) is 12.0 Å². The van der Waals surface area contributed by atoms with Crippen LogP contribution in [0.1, 0.15) is 41.0 Å². The van der Waals surface area contributed by atoms with E-state index in [2.05, 4.69) is 6.58 Å². The van der Waals surface area contributed by atoms with Crippen LogP contribution in [0.2, 0.25) is 0 Å². The Hall–Kier alpha value is -2.23. The second-order valence-corrected chi connectivity index (χ2v) is 10.6. The fraction of sp³-hybridized carbons (Fsp3) is 0.667. The second kappa shape index (κ2) is 7.90. The first-order valence-electron chi connectivity index (χ1n) is 11.2. The highest BCUT2D eigenvalue weighted by molar-refractivity contribution is 6.23. The minimum Gasteiger partial charge on any atom is -0.459 e. The van der Waals surface area contributed by atoms with E-state index >= 15 is 0 Å². The normalized spacial score (nSPS) is 47.6. The summed E-state index contributed by atoms with van der Waals surface area (Å²) in [7, 11) is 0. The fourth-order valence-electron chi connectivity index (χ4n) is 6.07. The van der Waals surface area contributed by atoms with E-state index in [0.717, 1.165) is 13.8 Å². The number of carbonyl (C=O) groups is 4. The van der Waals surface area contributed by atoms with Gasteiger partial charge in [0.1, 0.15) is 6.10 Å². The molecule has 4 rings (SSSR count). The number of ether oxygens (including phenoxy) is 4. The van der Waals surface area contributed by atoms with E-state index in [9.17, 15) is 24.3 Å². The van der Waals surface area contributed by atoms with Crippen LogP contribution in [0.5, 0.6) is 0 Å². The zero-order valence-corrected chi connectivity index (χ0v) is 20.5. The van der Waals surface area contributed by atoms with E-state index < -0.39 is 75.8 Å². The second-order valence-electron chi connectivity index (χ2n) is 10.1.